The Morgan fingerprint density at radius 3 is 2.83 bits per heavy atom. The van der Waals surface area contributed by atoms with Crippen molar-refractivity contribution in [2.45, 2.75) is 6.54 Å². The number of hydrogen-bond acceptors (Lipinski definition) is 5. The van der Waals surface area contributed by atoms with E-state index in [-0.39, 0.29) is 24.2 Å². The molecule has 1 amide bonds. The zero-order valence-corrected chi connectivity index (χ0v) is 12.0. The molecule has 0 bridgehead atoms. The van der Waals surface area contributed by atoms with E-state index in [0.717, 1.165) is 0 Å². The Balaban J connectivity index is 1.71. The number of amides is 1. The van der Waals surface area contributed by atoms with E-state index < -0.39 is 11.5 Å². The van der Waals surface area contributed by atoms with Crippen LogP contribution in [0.5, 0.6) is 0 Å². The summed E-state index contributed by atoms with van der Waals surface area (Å²) < 4.78 is 1.18. The van der Waals surface area contributed by atoms with Crippen LogP contribution in [0.1, 0.15) is 10.4 Å². The minimum absolute atomic E-state index is 0.0180. The molecular weight excluding hydrogens is 298 g/mol. The minimum Gasteiger partial charge on any atom is -0.350 e. The highest BCUT2D eigenvalue weighted by Crippen LogP contribution is 2.02. The van der Waals surface area contributed by atoms with Gasteiger partial charge in [0.1, 0.15) is 11.1 Å². The van der Waals surface area contributed by atoms with Crippen LogP contribution in [0.25, 0.3) is 10.9 Å². The number of benzene rings is 1. The van der Waals surface area contributed by atoms with Crippen LogP contribution < -0.4 is 16.4 Å². The van der Waals surface area contributed by atoms with Crippen molar-refractivity contribution in [3.63, 3.8) is 0 Å². The van der Waals surface area contributed by atoms with E-state index in [4.69, 9.17) is 0 Å². The quantitative estimate of drug-likeness (QED) is 0.700. The molecule has 23 heavy (non-hydrogen) atoms. The second kappa shape index (κ2) is 6.22. The van der Waals surface area contributed by atoms with Crippen LogP contribution in [0.15, 0.2) is 52.2 Å². The van der Waals surface area contributed by atoms with Crippen LogP contribution in [0.2, 0.25) is 0 Å². The predicted molar refractivity (Wildman–Crippen MR) is 83.2 cm³/mol. The maximum atomic E-state index is 12.2. The van der Waals surface area contributed by atoms with E-state index in [1.54, 1.807) is 30.3 Å². The first-order valence-electron chi connectivity index (χ1n) is 6.95. The van der Waals surface area contributed by atoms with Crippen molar-refractivity contribution in [1.29, 1.82) is 0 Å². The van der Waals surface area contributed by atoms with Gasteiger partial charge in [0.05, 0.1) is 11.9 Å². The molecule has 2 N–H and O–H groups in total. The van der Waals surface area contributed by atoms with Gasteiger partial charge in [-0.05, 0) is 24.3 Å². The smallest absolute Gasteiger partial charge is 0.277 e. The van der Waals surface area contributed by atoms with Gasteiger partial charge in [-0.3, -0.25) is 14.4 Å². The molecule has 0 saturated heterocycles. The molecule has 0 atom stereocenters. The first kappa shape index (κ1) is 14.6. The second-order valence-electron chi connectivity index (χ2n) is 4.80. The van der Waals surface area contributed by atoms with Gasteiger partial charge in [-0.15, -0.1) is 5.10 Å². The fraction of sp³-hybridized carbons (Fsp3) is 0.133. The molecule has 8 nitrogen and oxygen atoms in total. The number of aromatic amines is 1. The average Bonchev–Trinajstić information content (AvgIpc) is 2.57. The number of rotatable bonds is 4. The number of pyridine rings is 1. The van der Waals surface area contributed by atoms with Gasteiger partial charge in [-0.25, -0.2) is 4.68 Å². The number of aromatic nitrogens is 4. The maximum absolute atomic E-state index is 12.2. The van der Waals surface area contributed by atoms with Crippen molar-refractivity contribution in [2.75, 3.05) is 6.54 Å². The lowest BCUT2D eigenvalue weighted by Gasteiger charge is -2.06. The third kappa shape index (κ3) is 3.00. The van der Waals surface area contributed by atoms with Crippen LogP contribution in [-0.2, 0) is 6.54 Å². The van der Waals surface area contributed by atoms with Crippen molar-refractivity contribution in [2.24, 2.45) is 0 Å². The summed E-state index contributed by atoms with van der Waals surface area (Å²) in [6.45, 7) is 0.313. The van der Waals surface area contributed by atoms with Crippen molar-refractivity contribution in [3.8, 4) is 0 Å². The van der Waals surface area contributed by atoms with E-state index in [1.807, 2.05) is 0 Å². The molecule has 0 saturated carbocycles. The number of fused-ring (bicyclic) bond motifs is 1. The molecule has 8 heteroatoms. The Morgan fingerprint density at radius 2 is 2.00 bits per heavy atom. The highest BCUT2D eigenvalue weighted by molar-refractivity contribution is 5.93. The van der Waals surface area contributed by atoms with Gasteiger partial charge in [0.2, 0.25) is 0 Å². The van der Waals surface area contributed by atoms with Crippen molar-refractivity contribution >= 4 is 16.8 Å². The Labute approximate surface area is 129 Å². The van der Waals surface area contributed by atoms with Gasteiger partial charge >= 0.3 is 0 Å². The zero-order chi connectivity index (χ0) is 16.2. The number of nitrogens with one attached hydrogen (secondary N) is 2. The standard InChI is InChI=1S/C15H13N5O3/c21-13-11(5-3-7-16-13)14(22)17-8-9-20-15(23)10-4-1-2-6-12(10)18-19-20/h1-7H,8-9H2,(H,16,21)(H,17,22). The van der Waals surface area contributed by atoms with E-state index in [9.17, 15) is 14.4 Å². The molecule has 3 rings (SSSR count). The Hall–Kier alpha value is -3.29. The summed E-state index contributed by atoms with van der Waals surface area (Å²) in [5.74, 6) is -0.506. The normalized spacial score (nSPS) is 10.6. The number of carbonyl (C=O) groups is 1. The predicted octanol–water partition coefficient (Wildman–Crippen LogP) is -0.0902. The van der Waals surface area contributed by atoms with E-state index in [1.165, 1.54) is 16.9 Å². The van der Waals surface area contributed by atoms with Gasteiger partial charge in [-0.2, -0.15) is 0 Å². The fourth-order valence-electron chi connectivity index (χ4n) is 2.14. The molecule has 3 aromatic rings. The number of nitrogens with zero attached hydrogens (tertiary/aromatic N) is 3. The zero-order valence-electron chi connectivity index (χ0n) is 12.0. The van der Waals surface area contributed by atoms with Gasteiger partial charge in [0, 0.05) is 12.7 Å². The van der Waals surface area contributed by atoms with Crippen LogP contribution in [0, 0.1) is 0 Å². The summed E-state index contributed by atoms with van der Waals surface area (Å²) in [7, 11) is 0. The molecule has 116 valence electrons. The number of carbonyl (C=O) groups excluding carboxylic acids is 1. The molecule has 1 aromatic carbocycles. The highest BCUT2D eigenvalue weighted by atomic mass is 16.2. The van der Waals surface area contributed by atoms with E-state index in [2.05, 4.69) is 20.6 Å². The molecule has 0 unspecified atom stereocenters. The fourth-order valence-corrected chi connectivity index (χ4v) is 2.14. The summed E-state index contributed by atoms with van der Waals surface area (Å²) in [6.07, 6.45) is 1.45. The first-order chi connectivity index (χ1) is 11.2. The molecule has 0 aliphatic heterocycles. The van der Waals surface area contributed by atoms with Gasteiger partial charge in [0.25, 0.3) is 17.0 Å². The average molecular weight is 311 g/mol. The maximum Gasteiger partial charge on any atom is 0.277 e. The van der Waals surface area contributed by atoms with Gasteiger partial charge < -0.3 is 10.3 Å². The summed E-state index contributed by atoms with van der Waals surface area (Å²) in [6, 6.07) is 9.89. The third-order valence-electron chi connectivity index (χ3n) is 3.30. The lowest BCUT2D eigenvalue weighted by molar-refractivity contribution is 0.0950. The number of H-pyrrole nitrogens is 1. The highest BCUT2D eigenvalue weighted by Gasteiger charge is 2.09. The lowest BCUT2D eigenvalue weighted by atomic mass is 10.2. The topological polar surface area (TPSA) is 110 Å². The van der Waals surface area contributed by atoms with Crippen LogP contribution >= 0.6 is 0 Å². The summed E-state index contributed by atoms with van der Waals surface area (Å²) >= 11 is 0. The van der Waals surface area contributed by atoms with Crippen molar-refractivity contribution < 1.29 is 4.79 Å². The molecule has 0 radical (unpaired) electrons. The van der Waals surface area contributed by atoms with Gasteiger partial charge in [-0.1, -0.05) is 17.3 Å². The Morgan fingerprint density at radius 1 is 1.17 bits per heavy atom. The van der Waals surface area contributed by atoms with Crippen LogP contribution in [0.4, 0.5) is 0 Å². The number of hydrogen-bond donors (Lipinski definition) is 2. The van der Waals surface area contributed by atoms with Crippen LogP contribution in [0.3, 0.4) is 0 Å². The van der Waals surface area contributed by atoms with E-state index in [0.29, 0.717) is 10.9 Å². The van der Waals surface area contributed by atoms with E-state index >= 15 is 0 Å². The molecular formula is C15H13N5O3. The Kier molecular flexibility index (Phi) is 3.96. The molecule has 2 aromatic heterocycles. The SMILES string of the molecule is O=C(NCCn1nnc2ccccc2c1=O)c1ccc[nH]c1=O. The molecule has 0 aliphatic rings. The molecule has 2 heterocycles. The third-order valence-corrected chi connectivity index (χ3v) is 3.30. The second-order valence-corrected chi connectivity index (χ2v) is 4.80. The summed E-state index contributed by atoms with van der Waals surface area (Å²) in [5.41, 5.74) is -0.201. The summed E-state index contributed by atoms with van der Waals surface area (Å²) in [4.78, 5) is 38.0. The van der Waals surface area contributed by atoms with Crippen LogP contribution in [-0.4, -0.2) is 32.4 Å². The largest absolute Gasteiger partial charge is 0.350 e. The monoisotopic (exact) mass is 311 g/mol. The molecule has 0 aliphatic carbocycles. The van der Waals surface area contributed by atoms with Crippen molar-refractivity contribution in [3.05, 3.63) is 68.9 Å². The van der Waals surface area contributed by atoms with Crippen molar-refractivity contribution in [1.82, 2.24) is 25.3 Å². The first-order valence-corrected chi connectivity index (χ1v) is 6.95. The lowest BCUT2D eigenvalue weighted by Crippen LogP contribution is -2.34. The molecule has 0 fully saturated rings. The minimum atomic E-state index is -0.506. The van der Waals surface area contributed by atoms with Gasteiger partial charge in [0.15, 0.2) is 0 Å². The summed E-state index contributed by atoms with van der Waals surface area (Å²) in [5, 5.41) is 10.8. The Bertz CT molecular complexity index is 976. The molecule has 0 spiro atoms.